The standard InChI is InChI=1S/C17H28O2/c1-3-4-5-6-7-8-9-10-14-19-17-13-11-12-16(18)15(17)2/h11-13,18H,3-10,14H2,1-2H3. The van der Waals surface area contributed by atoms with Crippen LogP contribution < -0.4 is 4.74 Å². The Morgan fingerprint density at radius 3 is 2.26 bits per heavy atom. The summed E-state index contributed by atoms with van der Waals surface area (Å²) in [5.41, 5.74) is 0.835. The molecular weight excluding hydrogens is 236 g/mol. The van der Waals surface area contributed by atoms with Gasteiger partial charge in [-0.2, -0.15) is 0 Å². The summed E-state index contributed by atoms with van der Waals surface area (Å²) in [5.74, 6) is 1.12. The maximum Gasteiger partial charge on any atom is 0.125 e. The molecule has 0 radical (unpaired) electrons. The van der Waals surface area contributed by atoms with E-state index in [9.17, 15) is 5.11 Å². The molecule has 2 heteroatoms. The first-order valence-corrected chi connectivity index (χ1v) is 7.67. The number of ether oxygens (including phenoxy) is 1. The van der Waals surface area contributed by atoms with Crippen LogP contribution in [0.2, 0.25) is 0 Å². The Bertz CT molecular complexity index is 347. The van der Waals surface area contributed by atoms with Gasteiger partial charge in [-0.05, 0) is 25.5 Å². The van der Waals surface area contributed by atoms with Crippen LogP contribution in [0.5, 0.6) is 11.5 Å². The van der Waals surface area contributed by atoms with Crippen LogP contribution in [-0.4, -0.2) is 11.7 Å². The lowest BCUT2D eigenvalue weighted by molar-refractivity contribution is 0.300. The second kappa shape index (κ2) is 9.71. The zero-order valence-corrected chi connectivity index (χ0v) is 12.5. The van der Waals surface area contributed by atoms with E-state index in [1.165, 1.54) is 44.9 Å². The summed E-state index contributed by atoms with van der Waals surface area (Å²) < 4.78 is 5.70. The monoisotopic (exact) mass is 264 g/mol. The summed E-state index contributed by atoms with van der Waals surface area (Å²) in [6.07, 6.45) is 10.5. The molecule has 1 rings (SSSR count). The number of hydrogen-bond acceptors (Lipinski definition) is 2. The fourth-order valence-electron chi connectivity index (χ4n) is 2.18. The van der Waals surface area contributed by atoms with Gasteiger partial charge < -0.3 is 9.84 Å². The van der Waals surface area contributed by atoms with E-state index in [2.05, 4.69) is 6.92 Å². The quantitative estimate of drug-likeness (QED) is 0.587. The normalized spacial score (nSPS) is 10.6. The van der Waals surface area contributed by atoms with E-state index in [1.807, 2.05) is 19.1 Å². The van der Waals surface area contributed by atoms with Crippen molar-refractivity contribution in [2.75, 3.05) is 6.61 Å². The number of aromatic hydroxyl groups is 1. The maximum atomic E-state index is 9.56. The average Bonchev–Trinajstić information content (AvgIpc) is 2.41. The Hall–Kier alpha value is -1.18. The van der Waals surface area contributed by atoms with Gasteiger partial charge in [-0.3, -0.25) is 0 Å². The van der Waals surface area contributed by atoms with Crippen LogP contribution in [0, 0.1) is 6.92 Å². The molecule has 0 saturated heterocycles. The van der Waals surface area contributed by atoms with Gasteiger partial charge in [-0.15, -0.1) is 0 Å². The smallest absolute Gasteiger partial charge is 0.125 e. The molecule has 0 fully saturated rings. The van der Waals surface area contributed by atoms with E-state index in [1.54, 1.807) is 6.07 Å². The van der Waals surface area contributed by atoms with Crippen molar-refractivity contribution in [1.29, 1.82) is 0 Å². The van der Waals surface area contributed by atoms with Crippen LogP contribution in [0.4, 0.5) is 0 Å². The minimum absolute atomic E-state index is 0.313. The highest BCUT2D eigenvalue weighted by atomic mass is 16.5. The molecule has 0 spiro atoms. The highest BCUT2D eigenvalue weighted by molar-refractivity contribution is 5.42. The van der Waals surface area contributed by atoms with E-state index in [0.29, 0.717) is 5.75 Å². The van der Waals surface area contributed by atoms with Crippen molar-refractivity contribution >= 4 is 0 Å². The number of benzene rings is 1. The van der Waals surface area contributed by atoms with Gasteiger partial charge in [0.05, 0.1) is 6.61 Å². The zero-order chi connectivity index (χ0) is 13.9. The maximum absolute atomic E-state index is 9.56. The van der Waals surface area contributed by atoms with Crippen molar-refractivity contribution in [2.24, 2.45) is 0 Å². The molecule has 1 N–H and O–H groups in total. The Labute approximate surface area is 117 Å². The van der Waals surface area contributed by atoms with E-state index in [-0.39, 0.29) is 0 Å². The summed E-state index contributed by atoms with van der Waals surface area (Å²) in [6.45, 7) is 4.89. The van der Waals surface area contributed by atoms with Gasteiger partial charge in [0.25, 0.3) is 0 Å². The van der Waals surface area contributed by atoms with E-state index in [0.717, 1.165) is 24.3 Å². The molecular formula is C17H28O2. The number of rotatable bonds is 10. The van der Waals surface area contributed by atoms with Crippen LogP contribution >= 0.6 is 0 Å². The third kappa shape index (κ3) is 6.51. The topological polar surface area (TPSA) is 29.5 Å². The number of hydrogen-bond donors (Lipinski definition) is 1. The van der Waals surface area contributed by atoms with Crippen molar-refractivity contribution in [3.8, 4) is 11.5 Å². The second-order valence-corrected chi connectivity index (χ2v) is 5.22. The van der Waals surface area contributed by atoms with Crippen LogP contribution in [0.15, 0.2) is 18.2 Å². The fourth-order valence-corrected chi connectivity index (χ4v) is 2.18. The molecule has 0 bridgehead atoms. The largest absolute Gasteiger partial charge is 0.508 e. The minimum atomic E-state index is 0.313. The Morgan fingerprint density at radius 2 is 1.58 bits per heavy atom. The molecule has 0 heterocycles. The van der Waals surface area contributed by atoms with Crippen molar-refractivity contribution in [3.05, 3.63) is 23.8 Å². The Kier molecular flexibility index (Phi) is 8.11. The third-order valence-corrected chi connectivity index (χ3v) is 3.51. The van der Waals surface area contributed by atoms with E-state index < -0.39 is 0 Å². The van der Waals surface area contributed by atoms with Gasteiger partial charge in [-0.1, -0.05) is 57.9 Å². The number of phenolic OH excluding ortho intramolecular Hbond substituents is 1. The first-order chi connectivity index (χ1) is 9.25. The van der Waals surface area contributed by atoms with Crippen molar-refractivity contribution in [2.45, 2.75) is 65.2 Å². The molecule has 19 heavy (non-hydrogen) atoms. The predicted molar refractivity (Wildman–Crippen MR) is 80.9 cm³/mol. The average molecular weight is 264 g/mol. The van der Waals surface area contributed by atoms with Gasteiger partial charge in [0, 0.05) is 5.56 Å². The summed E-state index contributed by atoms with van der Waals surface area (Å²) in [4.78, 5) is 0. The molecule has 0 aliphatic heterocycles. The highest BCUT2D eigenvalue weighted by Crippen LogP contribution is 2.26. The van der Waals surface area contributed by atoms with Crippen LogP contribution in [0.3, 0.4) is 0 Å². The summed E-state index contributed by atoms with van der Waals surface area (Å²) in [5, 5.41) is 9.56. The molecule has 0 unspecified atom stereocenters. The van der Waals surface area contributed by atoms with Gasteiger partial charge in [0.2, 0.25) is 0 Å². The lowest BCUT2D eigenvalue weighted by Gasteiger charge is -2.09. The van der Waals surface area contributed by atoms with Gasteiger partial charge in [0.1, 0.15) is 11.5 Å². The summed E-state index contributed by atoms with van der Waals surface area (Å²) >= 11 is 0. The Morgan fingerprint density at radius 1 is 0.947 bits per heavy atom. The molecule has 0 amide bonds. The molecule has 0 atom stereocenters. The van der Waals surface area contributed by atoms with Crippen LogP contribution in [0.1, 0.15) is 63.9 Å². The molecule has 1 aromatic rings. The second-order valence-electron chi connectivity index (χ2n) is 5.22. The lowest BCUT2D eigenvalue weighted by atomic mass is 10.1. The van der Waals surface area contributed by atoms with Gasteiger partial charge >= 0.3 is 0 Å². The first kappa shape index (κ1) is 15.9. The van der Waals surface area contributed by atoms with Crippen molar-refractivity contribution in [1.82, 2.24) is 0 Å². The fraction of sp³-hybridized carbons (Fsp3) is 0.647. The molecule has 1 aromatic carbocycles. The lowest BCUT2D eigenvalue weighted by Crippen LogP contribution is -1.98. The SMILES string of the molecule is CCCCCCCCCCOc1cccc(O)c1C. The minimum Gasteiger partial charge on any atom is -0.508 e. The van der Waals surface area contributed by atoms with Gasteiger partial charge in [0.15, 0.2) is 0 Å². The first-order valence-electron chi connectivity index (χ1n) is 7.67. The van der Waals surface area contributed by atoms with Crippen molar-refractivity contribution in [3.63, 3.8) is 0 Å². The molecule has 0 aliphatic carbocycles. The molecule has 2 nitrogen and oxygen atoms in total. The number of phenols is 1. The Balaban J connectivity index is 2.03. The van der Waals surface area contributed by atoms with Crippen LogP contribution in [0.25, 0.3) is 0 Å². The highest BCUT2D eigenvalue weighted by Gasteiger charge is 2.02. The molecule has 108 valence electrons. The van der Waals surface area contributed by atoms with Gasteiger partial charge in [-0.25, -0.2) is 0 Å². The number of unbranched alkanes of at least 4 members (excludes halogenated alkanes) is 7. The third-order valence-electron chi connectivity index (χ3n) is 3.51. The summed E-state index contributed by atoms with van der Waals surface area (Å²) in [7, 11) is 0. The van der Waals surface area contributed by atoms with E-state index in [4.69, 9.17) is 4.74 Å². The molecule has 0 aliphatic rings. The summed E-state index contributed by atoms with van der Waals surface area (Å²) in [6, 6.07) is 5.43. The van der Waals surface area contributed by atoms with Crippen LogP contribution in [-0.2, 0) is 0 Å². The molecule has 0 saturated carbocycles. The zero-order valence-electron chi connectivity index (χ0n) is 12.5. The molecule has 0 aromatic heterocycles. The van der Waals surface area contributed by atoms with Crippen molar-refractivity contribution < 1.29 is 9.84 Å². The predicted octanol–water partition coefficient (Wildman–Crippen LogP) is 5.22. The van der Waals surface area contributed by atoms with E-state index >= 15 is 0 Å².